The fraction of sp³-hybridized carbons (Fsp3) is 0.320. The van der Waals surface area contributed by atoms with Crippen molar-refractivity contribution >= 4 is 22.3 Å². The van der Waals surface area contributed by atoms with Gasteiger partial charge in [0.05, 0.1) is 5.69 Å². The van der Waals surface area contributed by atoms with E-state index in [9.17, 15) is 4.79 Å². The van der Waals surface area contributed by atoms with Gasteiger partial charge in [-0.3, -0.25) is 14.8 Å². The van der Waals surface area contributed by atoms with E-state index >= 15 is 0 Å². The summed E-state index contributed by atoms with van der Waals surface area (Å²) >= 11 is 0. The Morgan fingerprint density at radius 2 is 1.97 bits per heavy atom. The highest BCUT2D eigenvalue weighted by Crippen LogP contribution is 2.26. The van der Waals surface area contributed by atoms with E-state index in [1.54, 1.807) is 23.5 Å². The lowest BCUT2D eigenvalue weighted by molar-refractivity contribution is 0.0743. The van der Waals surface area contributed by atoms with Crippen LogP contribution in [0.25, 0.3) is 16.3 Å². The Morgan fingerprint density at radius 1 is 1.17 bits per heavy atom. The molecule has 0 saturated carbocycles. The van der Waals surface area contributed by atoms with Crippen LogP contribution in [-0.2, 0) is 6.42 Å². The molecule has 4 rings (SSSR count). The minimum absolute atomic E-state index is 0.0235. The van der Waals surface area contributed by atoms with Crippen LogP contribution in [-0.4, -0.2) is 58.9 Å². The van der Waals surface area contributed by atoms with Gasteiger partial charge in [-0.2, -0.15) is 0 Å². The summed E-state index contributed by atoms with van der Waals surface area (Å²) in [6, 6.07) is 12.6. The van der Waals surface area contributed by atoms with E-state index in [2.05, 4.69) is 52.3 Å². The Balaban J connectivity index is 1.51. The summed E-state index contributed by atoms with van der Waals surface area (Å²) in [4.78, 5) is 25.6. The summed E-state index contributed by atoms with van der Waals surface area (Å²) in [5.41, 5.74) is 4.29. The molecular formula is C25H28N4O. The van der Waals surface area contributed by atoms with Crippen LogP contribution in [0.2, 0.25) is 0 Å². The molecule has 0 saturated heterocycles. The average Bonchev–Trinajstić information content (AvgIpc) is 2.78. The molecule has 0 spiro atoms. The number of hydrogen-bond acceptors (Lipinski definition) is 4. The molecule has 0 bridgehead atoms. The van der Waals surface area contributed by atoms with E-state index in [-0.39, 0.29) is 11.9 Å². The smallest absolute Gasteiger partial charge is 0.253 e. The van der Waals surface area contributed by atoms with Crippen molar-refractivity contribution in [3.05, 3.63) is 77.9 Å². The van der Waals surface area contributed by atoms with Crippen LogP contribution in [0.4, 0.5) is 0 Å². The maximum atomic E-state index is 13.0. The fourth-order valence-corrected chi connectivity index (χ4v) is 3.89. The van der Waals surface area contributed by atoms with E-state index in [0.29, 0.717) is 12.0 Å². The highest BCUT2D eigenvalue weighted by Gasteiger charge is 2.19. The first kappa shape index (κ1) is 20.2. The van der Waals surface area contributed by atoms with Gasteiger partial charge in [-0.15, -0.1) is 0 Å². The third kappa shape index (κ3) is 4.41. The van der Waals surface area contributed by atoms with Gasteiger partial charge in [-0.1, -0.05) is 24.3 Å². The van der Waals surface area contributed by atoms with Crippen molar-refractivity contribution in [2.45, 2.75) is 25.8 Å². The van der Waals surface area contributed by atoms with E-state index in [1.807, 2.05) is 26.1 Å². The van der Waals surface area contributed by atoms with Gasteiger partial charge >= 0.3 is 0 Å². The number of aromatic nitrogens is 2. The lowest BCUT2D eigenvalue weighted by atomic mass is 9.96. The quantitative estimate of drug-likeness (QED) is 0.648. The van der Waals surface area contributed by atoms with E-state index in [0.717, 1.165) is 30.6 Å². The number of nitrogens with zero attached hydrogens (tertiary/aromatic N) is 4. The largest absolute Gasteiger partial charge is 0.339 e. The molecule has 30 heavy (non-hydrogen) atoms. The lowest BCUT2D eigenvalue weighted by Gasteiger charge is -2.25. The first-order valence-electron chi connectivity index (χ1n) is 10.4. The molecule has 2 aromatic carbocycles. The molecule has 1 atom stereocenters. The molecular weight excluding hydrogens is 372 g/mol. The average molecular weight is 401 g/mol. The van der Waals surface area contributed by atoms with Crippen LogP contribution in [0.15, 0.2) is 61.1 Å². The zero-order valence-corrected chi connectivity index (χ0v) is 17.9. The summed E-state index contributed by atoms with van der Waals surface area (Å²) in [5.74, 6) is 0.0235. The van der Waals surface area contributed by atoms with Gasteiger partial charge in [0.25, 0.3) is 5.91 Å². The van der Waals surface area contributed by atoms with Gasteiger partial charge in [0.1, 0.15) is 0 Å². The van der Waals surface area contributed by atoms with Crippen molar-refractivity contribution in [3.63, 3.8) is 0 Å². The van der Waals surface area contributed by atoms with Crippen LogP contribution in [0.3, 0.4) is 0 Å². The lowest BCUT2D eigenvalue weighted by Crippen LogP contribution is -2.36. The van der Waals surface area contributed by atoms with E-state index in [1.165, 1.54) is 16.5 Å². The predicted octanol–water partition coefficient (Wildman–Crippen LogP) is 4.05. The Hall–Kier alpha value is -3.05. The van der Waals surface area contributed by atoms with Crippen LogP contribution < -0.4 is 0 Å². The van der Waals surface area contributed by atoms with E-state index < -0.39 is 0 Å². The third-order valence-electron chi connectivity index (χ3n) is 5.97. The standard InChI is InChI=1S/C25H28N4O/c1-18(14-24-17-26-10-11-27-24)29(3)25(30)23-7-6-21-15-20(4-5-22(21)16-23)19-8-12-28(2)13-9-19/h4-8,10-11,15-18H,9,12-14H2,1-3H3. The van der Waals surface area contributed by atoms with Crippen molar-refractivity contribution in [2.75, 3.05) is 27.2 Å². The van der Waals surface area contributed by atoms with Crippen LogP contribution in [0.1, 0.15) is 35.0 Å². The molecule has 0 aliphatic carbocycles. The number of rotatable bonds is 5. The topological polar surface area (TPSA) is 49.3 Å². The molecule has 3 aromatic rings. The third-order valence-corrected chi connectivity index (χ3v) is 5.97. The van der Waals surface area contributed by atoms with Crippen LogP contribution >= 0.6 is 0 Å². The van der Waals surface area contributed by atoms with Crippen LogP contribution in [0.5, 0.6) is 0 Å². The number of hydrogen-bond donors (Lipinski definition) is 0. The normalized spacial score (nSPS) is 15.6. The van der Waals surface area contributed by atoms with Gasteiger partial charge < -0.3 is 9.80 Å². The maximum Gasteiger partial charge on any atom is 0.253 e. The molecule has 1 aliphatic rings. The summed E-state index contributed by atoms with van der Waals surface area (Å²) in [6.07, 6.45) is 9.17. The van der Waals surface area contributed by atoms with Crippen molar-refractivity contribution in [3.8, 4) is 0 Å². The summed E-state index contributed by atoms with van der Waals surface area (Å²) in [7, 11) is 4.00. The van der Waals surface area contributed by atoms with Crippen molar-refractivity contribution < 1.29 is 4.79 Å². The SMILES string of the molecule is CC(Cc1cnccn1)N(C)C(=O)c1ccc2cc(C3=CCN(C)CC3)ccc2c1. The van der Waals surface area contributed by atoms with Gasteiger partial charge in [0, 0.05) is 56.8 Å². The molecule has 0 N–H and O–H groups in total. The molecule has 1 aromatic heterocycles. The number of fused-ring (bicyclic) bond motifs is 1. The molecule has 1 unspecified atom stereocenters. The highest BCUT2D eigenvalue weighted by molar-refractivity contribution is 5.99. The van der Waals surface area contributed by atoms with Crippen molar-refractivity contribution in [1.82, 2.24) is 19.8 Å². The molecule has 0 radical (unpaired) electrons. The highest BCUT2D eigenvalue weighted by atomic mass is 16.2. The molecule has 5 heteroatoms. The Labute approximate surface area is 178 Å². The van der Waals surface area contributed by atoms with Gasteiger partial charge in [-0.05, 0) is 60.5 Å². The number of amides is 1. The first-order chi connectivity index (χ1) is 14.5. The number of benzene rings is 2. The maximum absolute atomic E-state index is 13.0. The van der Waals surface area contributed by atoms with Crippen molar-refractivity contribution in [2.24, 2.45) is 0 Å². The first-order valence-corrected chi connectivity index (χ1v) is 10.4. The Morgan fingerprint density at radius 3 is 2.70 bits per heavy atom. The predicted molar refractivity (Wildman–Crippen MR) is 121 cm³/mol. The summed E-state index contributed by atoms with van der Waals surface area (Å²) < 4.78 is 0. The zero-order valence-electron chi connectivity index (χ0n) is 17.9. The summed E-state index contributed by atoms with van der Waals surface area (Å²) in [6.45, 7) is 4.13. The van der Waals surface area contributed by atoms with Crippen molar-refractivity contribution in [1.29, 1.82) is 0 Å². The molecule has 1 amide bonds. The minimum atomic E-state index is 0.0235. The summed E-state index contributed by atoms with van der Waals surface area (Å²) in [5, 5.41) is 2.26. The number of likely N-dealkylation sites (N-methyl/N-ethyl adjacent to an activating group) is 2. The van der Waals surface area contributed by atoms with Crippen LogP contribution in [0, 0.1) is 0 Å². The number of carbonyl (C=O) groups excluding carboxylic acids is 1. The van der Waals surface area contributed by atoms with Gasteiger partial charge in [-0.25, -0.2) is 0 Å². The molecule has 5 nitrogen and oxygen atoms in total. The molecule has 154 valence electrons. The Kier molecular flexibility index (Phi) is 5.91. The second-order valence-corrected chi connectivity index (χ2v) is 8.18. The zero-order chi connectivity index (χ0) is 21.1. The molecule has 1 aliphatic heterocycles. The fourth-order valence-electron chi connectivity index (χ4n) is 3.89. The minimum Gasteiger partial charge on any atom is -0.339 e. The van der Waals surface area contributed by atoms with Gasteiger partial charge in [0.2, 0.25) is 0 Å². The molecule has 0 fully saturated rings. The van der Waals surface area contributed by atoms with Gasteiger partial charge in [0.15, 0.2) is 0 Å². The second kappa shape index (κ2) is 8.76. The monoisotopic (exact) mass is 400 g/mol. The molecule has 2 heterocycles. The second-order valence-electron chi connectivity index (χ2n) is 8.18. The Bertz CT molecular complexity index is 1080. The van der Waals surface area contributed by atoms with E-state index in [4.69, 9.17) is 0 Å². The number of carbonyl (C=O) groups is 1.